The summed E-state index contributed by atoms with van der Waals surface area (Å²) in [6.45, 7) is 5.18. The highest BCUT2D eigenvalue weighted by molar-refractivity contribution is 7.17. The van der Waals surface area contributed by atoms with Crippen LogP contribution in [0.15, 0.2) is 96.6 Å². The van der Waals surface area contributed by atoms with Gasteiger partial charge in [0.05, 0.1) is 5.39 Å². The molecule has 2 heterocycles. The van der Waals surface area contributed by atoms with Crippen LogP contribution in [0.4, 0.5) is 11.5 Å². The molecule has 2 aromatic heterocycles. The molecule has 3 nitrogen and oxygen atoms in total. The molecule has 5 rings (SSSR count). The normalized spacial score (nSPS) is 11.2. The van der Waals surface area contributed by atoms with Crippen molar-refractivity contribution >= 4 is 33.1 Å². The molecule has 0 aliphatic rings. The third-order valence-corrected chi connectivity index (χ3v) is 6.63. The first-order valence-corrected chi connectivity index (χ1v) is 11.8. The molecule has 32 heavy (non-hydrogen) atoms. The van der Waals surface area contributed by atoms with Crippen molar-refractivity contribution in [2.45, 2.75) is 26.3 Å². The molecular formula is C28H25N3S. The largest absolute Gasteiger partial charge is 0.321 e. The summed E-state index contributed by atoms with van der Waals surface area (Å²) >= 11 is 1.67. The number of benzene rings is 3. The lowest BCUT2D eigenvalue weighted by molar-refractivity contribution is 0.867. The first kappa shape index (κ1) is 20.4. The minimum atomic E-state index is 0.515. The monoisotopic (exact) mass is 435 g/mol. The Morgan fingerprint density at radius 2 is 1.50 bits per heavy atom. The van der Waals surface area contributed by atoms with Crippen molar-refractivity contribution in [3.8, 4) is 11.1 Å². The van der Waals surface area contributed by atoms with Crippen molar-refractivity contribution in [1.29, 1.82) is 0 Å². The third kappa shape index (κ3) is 4.02. The van der Waals surface area contributed by atoms with Crippen LogP contribution in [0.25, 0.3) is 21.3 Å². The fraction of sp³-hybridized carbons (Fsp3) is 0.143. The minimum absolute atomic E-state index is 0.515. The molecule has 0 saturated heterocycles. The second-order valence-electron chi connectivity index (χ2n) is 8.21. The standard InChI is InChI=1S/C28H25N3S/c1-20(2)22-13-15-23(16-14-22)25-18-32-28-26(25)27(29-19-30-28)31(24-11-7-4-8-12-24)17-21-9-5-3-6-10-21/h3-16,18-20H,17H2,1-2H3. The fourth-order valence-electron chi connectivity index (χ4n) is 3.99. The topological polar surface area (TPSA) is 29.0 Å². The zero-order valence-electron chi connectivity index (χ0n) is 18.3. The fourth-order valence-corrected chi connectivity index (χ4v) is 4.90. The van der Waals surface area contributed by atoms with Gasteiger partial charge in [0.2, 0.25) is 0 Å². The molecule has 0 amide bonds. The number of aromatic nitrogens is 2. The highest BCUT2D eigenvalue weighted by atomic mass is 32.1. The van der Waals surface area contributed by atoms with E-state index in [1.165, 1.54) is 22.3 Å². The van der Waals surface area contributed by atoms with E-state index in [9.17, 15) is 0 Å². The molecule has 4 heteroatoms. The molecule has 0 aliphatic heterocycles. The Labute approximate surface area is 193 Å². The van der Waals surface area contributed by atoms with Gasteiger partial charge in [0.25, 0.3) is 0 Å². The van der Waals surface area contributed by atoms with E-state index in [1.54, 1.807) is 17.7 Å². The number of hydrogen-bond acceptors (Lipinski definition) is 4. The van der Waals surface area contributed by atoms with E-state index in [0.29, 0.717) is 5.92 Å². The summed E-state index contributed by atoms with van der Waals surface area (Å²) in [5.41, 5.74) is 6.08. The second kappa shape index (κ2) is 8.93. The highest BCUT2D eigenvalue weighted by Crippen LogP contribution is 2.40. The van der Waals surface area contributed by atoms with Crippen LogP contribution >= 0.6 is 11.3 Å². The maximum absolute atomic E-state index is 4.81. The van der Waals surface area contributed by atoms with Crippen LogP contribution in [0.2, 0.25) is 0 Å². The molecule has 5 aromatic rings. The molecule has 3 aromatic carbocycles. The molecule has 0 saturated carbocycles. The molecule has 0 aliphatic carbocycles. The van der Waals surface area contributed by atoms with Crippen molar-refractivity contribution < 1.29 is 0 Å². The van der Waals surface area contributed by atoms with E-state index >= 15 is 0 Å². The molecule has 0 N–H and O–H groups in total. The van der Waals surface area contributed by atoms with Gasteiger partial charge in [-0.2, -0.15) is 0 Å². The van der Waals surface area contributed by atoms with E-state index in [4.69, 9.17) is 4.98 Å². The van der Waals surface area contributed by atoms with Crippen molar-refractivity contribution in [2.24, 2.45) is 0 Å². The van der Waals surface area contributed by atoms with Gasteiger partial charge in [0.1, 0.15) is 17.0 Å². The maximum Gasteiger partial charge on any atom is 0.146 e. The Hall–Kier alpha value is -3.50. The van der Waals surface area contributed by atoms with Gasteiger partial charge < -0.3 is 4.90 Å². The average Bonchev–Trinajstić information content (AvgIpc) is 3.28. The number of rotatable bonds is 6. The van der Waals surface area contributed by atoms with Gasteiger partial charge in [-0.05, 0) is 34.7 Å². The predicted molar refractivity (Wildman–Crippen MR) is 136 cm³/mol. The Kier molecular flexibility index (Phi) is 5.70. The molecule has 0 unspecified atom stereocenters. The van der Waals surface area contributed by atoms with Crippen LogP contribution in [0, 0.1) is 0 Å². The summed E-state index contributed by atoms with van der Waals surface area (Å²) < 4.78 is 0. The van der Waals surface area contributed by atoms with E-state index in [-0.39, 0.29) is 0 Å². The van der Waals surface area contributed by atoms with Gasteiger partial charge in [-0.3, -0.25) is 0 Å². The first-order chi connectivity index (χ1) is 15.7. The van der Waals surface area contributed by atoms with Gasteiger partial charge in [-0.25, -0.2) is 9.97 Å². The molecular weight excluding hydrogens is 410 g/mol. The number of hydrogen-bond donors (Lipinski definition) is 0. The van der Waals surface area contributed by atoms with Crippen LogP contribution in [0.1, 0.15) is 30.9 Å². The third-order valence-electron chi connectivity index (χ3n) is 5.75. The molecule has 0 fully saturated rings. The summed E-state index contributed by atoms with van der Waals surface area (Å²) in [6, 6.07) is 29.9. The second-order valence-corrected chi connectivity index (χ2v) is 9.07. The van der Waals surface area contributed by atoms with Crippen molar-refractivity contribution in [1.82, 2.24) is 9.97 Å². The van der Waals surface area contributed by atoms with Gasteiger partial charge in [-0.1, -0.05) is 86.6 Å². The van der Waals surface area contributed by atoms with Crippen LogP contribution in [-0.2, 0) is 6.54 Å². The smallest absolute Gasteiger partial charge is 0.146 e. The summed E-state index contributed by atoms with van der Waals surface area (Å²) in [5, 5.41) is 3.31. The van der Waals surface area contributed by atoms with Crippen molar-refractivity contribution in [3.63, 3.8) is 0 Å². The average molecular weight is 436 g/mol. The Balaban J connectivity index is 1.66. The molecule has 0 radical (unpaired) electrons. The Morgan fingerprint density at radius 1 is 0.812 bits per heavy atom. The number of nitrogens with zero attached hydrogens (tertiary/aromatic N) is 3. The summed E-state index contributed by atoms with van der Waals surface area (Å²) in [6.07, 6.45) is 1.68. The number of para-hydroxylation sites is 1. The zero-order chi connectivity index (χ0) is 21.9. The van der Waals surface area contributed by atoms with Crippen LogP contribution < -0.4 is 4.90 Å². The summed E-state index contributed by atoms with van der Waals surface area (Å²) in [7, 11) is 0. The highest BCUT2D eigenvalue weighted by Gasteiger charge is 2.20. The van der Waals surface area contributed by atoms with Crippen molar-refractivity contribution in [3.05, 3.63) is 108 Å². The number of fused-ring (bicyclic) bond motifs is 1. The number of anilines is 2. The van der Waals surface area contributed by atoms with E-state index < -0.39 is 0 Å². The lowest BCUT2D eigenvalue weighted by Gasteiger charge is -2.25. The summed E-state index contributed by atoms with van der Waals surface area (Å²) in [4.78, 5) is 12.7. The quantitative estimate of drug-likeness (QED) is 0.272. The zero-order valence-corrected chi connectivity index (χ0v) is 19.1. The van der Waals surface area contributed by atoms with Crippen LogP contribution in [0.5, 0.6) is 0 Å². The van der Waals surface area contributed by atoms with E-state index in [1.807, 2.05) is 6.07 Å². The SMILES string of the molecule is CC(C)c1ccc(-c2csc3ncnc(N(Cc4ccccc4)c4ccccc4)c23)cc1. The van der Waals surface area contributed by atoms with Gasteiger partial charge in [-0.15, -0.1) is 11.3 Å². The number of thiophene rings is 1. The minimum Gasteiger partial charge on any atom is -0.321 e. The molecule has 0 spiro atoms. The molecule has 158 valence electrons. The van der Waals surface area contributed by atoms with Crippen LogP contribution in [0.3, 0.4) is 0 Å². The lowest BCUT2D eigenvalue weighted by atomic mass is 9.99. The Morgan fingerprint density at radius 3 is 2.19 bits per heavy atom. The maximum atomic E-state index is 4.81. The van der Waals surface area contributed by atoms with Crippen molar-refractivity contribution in [2.75, 3.05) is 4.90 Å². The molecule has 0 bridgehead atoms. The van der Waals surface area contributed by atoms with Gasteiger partial charge in [0, 0.05) is 23.2 Å². The summed E-state index contributed by atoms with van der Waals surface area (Å²) in [5.74, 6) is 1.45. The van der Waals surface area contributed by atoms with E-state index in [2.05, 4.69) is 108 Å². The van der Waals surface area contributed by atoms with Gasteiger partial charge >= 0.3 is 0 Å². The Bertz CT molecular complexity index is 1310. The van der Waals surface area contributed by atoms with E-state index in [0.717, 1.165) is 28.3 Å². The van der Waals surface area contributed by atoms with Gasteiger partial charge in [0.15, 0.2) is 0 Å². The lowest BCUT2D eigenvalue weighted by Crippen LogP contribution is -2.18. The van der Waals surface area contributed by atoms with Crippen LogP contribution in [-0.4, -0.2) is 9.97 Å². The predicted octanol–water partition coefficient (Wildman–Crippen LogP) is 7.82. The molecule has 0 atom stereocenters. The first-order valence-electron chi connectivity index (χ1n) is 10.9.